The van der Waals surface area contributed by atoms with Crippen LogP contribution in [0.25, 0.3) is 22.0 Å². The fourth-order valence-electron chi connectivity index (χ4n) is 4.52. The highest BCUT2D eigenvalue weighted by Gasteiger charge is 2.20. The summed E-state index contributed by atoms with van der Waals surface area (Å²) in [4.78, 5) is 9.87. The van der Waals surface area contributed by atoms with E-state index in [1.807, 2.05) is 0 Å². The predicted molar refractivity (Wildman–Crippen MR) is 138 cm³/mol. The van der Waals surface area contributed by atoms with E-state index in [0.29, 0.717) is 6.61 Å². The number of pyridine rings is 1. The van der Waals surface area contributed by atoms with Gasteiger partial charge in [-0.3, -0.25) is 4.98 Å². The third-order valence-corrected chi connectivity index (χ3v) is 5.84. The normalized spacial score (nSPS) is 11.4. The van der Waals surface area contributed by atoms with Crippen LogP contribution in [0.3, 0.4) is 0 Å². The number of hydrogen-bond donors (Lipinski definition) is 0. The second-order valence-electron chi connectivity index (χ2n) is 9.03. The Kier molecular flexibility index (Phi) is 8.14. The lowest BCUT2D eigenvalue weighted by atomic mass is 9.95. The Morgan fingerprint density at radius 2 is 1.53 bits per heavy atom. The summed E-state index contributed by atoms with van der Waals surface area (Å²) in [5.41, 5.74) is 6.90. The van der Waals surface area contributed by atoms with Crippen LogP contribution in [-0.4, -0.2) is 50.2 Å². The average molecular weight is 434 g/mol. The van der Waals surface area contributed by atoms with Crippen LogP contribution in [0.2, 0.25) is 0 Å². The Labute approximate surface area is 194 Å². The lowest BCUT2D eigenvalue weighted by Crippen LogP contribution is -2.26. The standard InChI is InChI=1S/C28H39N3O/c1-8-14-31(15-9-2)28-22(5)29-27(23-12-10-11-13-24(23)28)26-21(4)18-20(3)19-25(26)32-17-16-30(6)7/h10-13,18-19H,8-9,14-17H2,1-7H3. The van der Waals surface area contributed by atoms with Gasteiger partial charge in [0.05, 0.1) is 17.1 Å². The lowest BCUT2D eigenvalue weighted by Gasteiger charge is -2.28. The van der Waals surface area contributed by atoms with Gasteiger partial charge in [0.25, 0.3) is 0 Å². The molecule has 0 saturated heterocycles. The van der Waals surface area contributed by atoms with Gasteiger partial charge in [0, 0.05) is 36.0 Å². The van der Waals surface area contributed by atoms with Gasteiger partial charge in [-0.15, -0.1) is 0 Å². The summed E-state index contributed by atoms with van der Waals surface area (Å²) in [5, 5.41) is 2.46. The van der Waals surface area contributed by atoms with E-state index in [1.165, 1.54) is 27.6 Å². The predicted octanol–water partition coefficient (Wildman–Crippen LogP) is 6.39. The molecule has 0 unspecified atom stereocenters. The molecular weight excluding hydrogens is 394 g/mol. The van der Waals surface area contributed by atoms with Crippen molar-refractivity contribution in [3.8, 4) is 17.0 Å². The summed E-state index contributed by atoms with van der Waals surface area (Å²) in [6.07, 6.45) is 2.24. The molecule has 3 aromatic rings. The number of anilines is 1. The first kappa shape index (κ1) is 24.1. The summed E-state index contributed by atoms with van der Waals surface area (Å²) in [6, 6.07) is 13.1. The Balaban J connectivity index is 2.22. The van der Waals surface area contributed by atoms with Gasteiger partial charge in [0.15, 0.2) is 0 Å². The van der Waals surface area contributed by atoms with Gasteiger partial charge < -0.3 is 14.5 Å². The molecule has 0 aliphatic rings. The number of aromatic nitrogens is 1. The van der Waals surface area contributed by atoms with Crippen molar-refractivity contribution in [3.63, 3.8) is 0 Å². The molecule has 0 aliphatic carbocycles. The molecule has 0 amide bonds. The first-order chi connectivity index (χ1) is 15.4. The monoisotopic (exact) mass is 433 g/mol. The maximum Gasteiger partial charge on any atom is 0.129 e. The molecular formula is C28H39N3O. The first-order valence-corrected chi connectivity index (χ1v) is 11.9. The highest BCUT2D eigenvalue weighted by molar-refractivity contribution is 6.04. The topological polar surface area (TPSA) is 28.6 Å². The van der Waals surface area contributed by atoms with Gasteiger partial charge in [-0.25, -0.2) is 0 Å². The molecule has 0 spiro atoms. The molecule has 2 aromatic carbocycles. The maximum atomic E-state index is 6.32. The third kappa shape index (κ3) is 5.24. The number of hydrogen-bond acceptors (Lipinski definition) is 4. The van der Waals surface area contributed by atoms with E-state index in [2.05, 4.69) is 94.9 Å². The first-order valence-electron chi connectivity index (χ1n) is 11.9. The van der Waals surface area contributed by atoms with Crippen molar-refractivity contribution in [2.45, 2.75) is 47.5 Å². The highest BCUT2D eigenvalue weighted by atomic mass is 16.5. The minimum atomic E-state index is 0.651. The molecule has 0 N–H and O–H groups in total. The minimum Gasteiger partial charge on any atom is -0.492 e. The van der Waals surface area contributed by atoms with Gasteiger partial charge in [0.2, 0.25) is 0 Å². The molecule has 0 atom stereocenters. The number of fused-ring (bicyclic) bond motifs is 1. The summed E-state index contributed by atoms with van der Waals surface area (Å²) in [7, 11) is 4.14. The van der Waals surface area contributed by atoms with E-state index in [9.17, 15) is 0 Å². The highest BCUT2D eigenvalue weighted by Crippen LogP contribution is 2.41. The molecule has 0 aliphatic heterocycles. The quantitative estimate of drug-likeness (QED) is 0.370. The average Bonchev–Trinajstić information content (AvgIpc) is 2.73. The Hall–Kier alpha value is -2.59. The van der Waals surface area contributed by atoms with Gasteiger partial charge in [-0.05, 0) is 64.9 Å². The van der Waals surface area contributed by atoms with E-state index >= 15 is 0 Å². The molecule has 0 saturated carbocycles. The van der Waals surface area contributed by atoms with Crippen molar-refractivity contribution in [2.75, 3.05) is 45.2 Å². The van der Waals surface area contributed by atoms with Crippen LogP contribution in [-0.2, 0) is 0 Å². The molecule has 32 heavy (non-hydrogen) atoms. The number of nitrogens with zero attached hydrogens (tertiary/aromatic N) is 3. The van der Waals surface area contributed by atoms with Gasteiger partial charge in [-0.1, -0.05) is 44.2 Å². The van der Waals surface area contributed by atoms with E-state index in [1.54, 1.807) is 0 Å². The van der Waals surface area contributed by atoms with Crippen molar-refractivity contribution < 1.29 is 4.74 Å². The third-order valence-electron chi connectivity index (χ3n) is 5.84. The lowest BCUT2D eigenvalue weighted by molar-refractivity contribution is 0.262. The van der Waals surface area contributed by atoms with Gasteiger partial charge >= 0.3 is 0 Å². The minimum absolute atomic E-state index is 0.651. The Morgan fingerprint density at radius 3 is 2.16 bits per heavy atom. The number of benzene rings is 2. The molecule has 1 heterocycles. The molecule has 1 aromatic heterocycles. The van der Waals surface area contributed by atoms with Crippen molar-refractivity contribution in [3.05, 3.63) is 53.2 Å². The zero-order valence-corrected chi connectivity index (χ0v) is 21.0. The Morgan fingerprint density at radius 1 is 0.875 bits per heavy atom. The zero-order chi connectivity index (χ0) is 23.3. The fraction of sp³-hybridized carbons (Fsp3) is 0.464. The molecule has 4 nitrogen and oxygen atoms in total. The second kappa shape index (κ2) is 10.8. The van der Waals surface area contributed by atoms with Crippen LogP contribution in [0.15, 0.2) is 36.4 Å². The van der Waals surface area contributed by atoms with Gasteiger partial charge in [0.1, 0.15) is 12.4 Å². The zero-order valence-electron chi connectivity index (χ0n) is 21.0. The van der Waals surface area contributed by atoms with Gasteiger partial charge in [-0.2, -0.15) is 0 Å². The van der Waals surface area contributed by atoms with Crippen LogP contribution in [0, 0.1) is 20.8 Å². The molecule has 0 fully saturated rings. The summed E-state index contributed by atoms with van der Waals surface area (Å²) < 4.78 is 6.32. The van der Waals surface area contributed by atoms with Crippen molar-refractivity contribution in [1.82, 2.24) is 9.88 Å². The second-order valence-corrected chi connectivity index (χ2v) is 9.03. The van der Waals surface area contributed by atoms with Crippen LogP contribution in [0.5, 0.6) is 5.75 Å². The Bertz CT molecular complexity index is 1050. The summed E-state index contributed by atoms with van der Waals surface area (Å²) >= 11 is 0. The summed E-state index contributed by atoms with van der Waals surface area (Å²) in [6.45, 7) is 14.6. The van der Waals surface area contributed by atoms with Crippen LogP contribution < -0.4 is 9.64 Å². The van der Waals surface area contributed by atoms with Crippen LogP contribution >= 0.6 is 0 Å². The molecule has 172 valence electrons. The van der Waals surface area contributed by atoms with Crippen LogP contribution in [0.1, 0.15) is 43.5 Å². The number of rotatable bonds is 10. The van der Waals surface area contributed by atoms with Crippen molar-refractivity contribution in [1.29, 1.82) is 0 Å². The number of ether oxygens (including phenoxy) is 1. The van der Waals surface area contributed by atoms with E-state index in [0.717, 1.165) is 55.2 Å². The largest absolute Gasteiger partial charge is 0.492 e. The number of likely N-dealkylation sites (N-methyl/N-ethyl adjacent to an activating group) is 1. The summed E-state index contributed by atoms with van der Waals surface area (Å²) in [5.74, 6) is 0.924. The number of aryl methyl sites for hydroxylation is 3. The molecule has 0 bridgehead atoms. The van der Waals surface area contributed by atoms with Crippen LogP contribution in [0.4, 0.5) is 5.69 Å². The smallest absolute Gasteiger partial charge is 0.129 e. The molecule has 3 rings (SSSR count). The molecule has 0 radical (unpaired) electrons. The van der Waals surface area contributed by atoms with E-state index < -0.39 is 0 Å². The SMILES string of the molecule is CCCN(CCC)c1c(C)nc(-c2c(C)cc(C)cc2OCCN(C)C)c2ccccc12. The van der Waals surface area contributed by atoms with Crippen molar-refractivity contribution >= 4 is 16.5 Å². The fourth-order valence-corrected chi connectivity index (χ4v) is 4.52. The van der Waals surface area contributed by atoms with E-state index in [4.69, 9.17) is 9.72 Å². The maximum absolute atomic E-state index is 6.32. The molecule has 4 heteroatoms. The van der Waals surface area contributed by atoms with E-state index in [-0.39, 0.29) is 0 Å². The van der Waals surface area contributed by atoms with Crippen molar-refractivity contribution in [2.24, 2.45) is 0 Å².